The molecule has 0 aliphatic carbocycles. The number of aliphatic hydroxyl groups excluding tert-OH is 1. The molecule has 2 aromatic carbocycles. The van der Waals surface area contributed by atoms with Gasteiger partial charge in [0.05, 0.1) is 19.0 Å². The maximum absolute atomic E-state index is 15.7. The van der Waals surface area contributed by atoms with E-state index in [0.717, 1.165) is 11.7 Å². The molecule has 0 amide bonds. The van der Waals surface area contributed by atoms with E-state index in [1.54, 1.807) is 44.2 Å². The first-order chi connectivity index (χ1) is 21.6. The Bertz CT molecular complexity index is 1870. The highest BCUT2D eigenvalue weighted by Crippen LogP contribution is 2.55. The van der Waals surface area contributed by atoms with Gasteiger partial charge in [0, 0.05) is 0 Å². The lowest BCUT2D eigenvalue weighted by molar-refractivity contribution is -0.241. The van der Waals surface area contributed by atoms with Crippen LogP contribution in [0.3, 0.4) is 0 Å². The summed E-state index contributed by atoms with van der Waals surface area (Å²) in [4.78, 5) is 34.3. The van der Waals surface area contributed by atoms with Crippen molar-refractivity contribution in [3.05, 3.63) is 59.1 Å². The van der Waals surface area contributed by atoms with Crippen LogP contribution in [0.4, 0.5) is 23.5 Å². The van der Waals surface area contributed by atoms with E-state index in [2.05, 4.69) is 20.0 Å². The number of aromatic amines is 1. The van der Waals surface area contributed by atoms with Crippen molar-refractivity contribution in [2.45, 2.75) is 63.2 Å². The molecule has 1 aliphatic heterocycles. The Morgan fingerprint density at radius 2 is 1.91 bits per heavy atom. The van der Waals surface area contributed by atoms with Crippen LogP contribution in [0.2, 0.25) is 0 Å². The lowest BCUT2D eigenvalue weighted by Crippen LogP contribution is -2.57. The van der Waals surface area contributed by atoms with Crippen molar-refractivity contribution in [3.63, 3.8) is 0 Å². The second kappa shape index (κ2) is 12.3. The molecule has 19 heteroatoms. The van der Waals surface area contributed by atoms with E-state index in [0.29, 0.717) is 9.95 Å². The van der Waals surface area contributed by atoms with E-state index >= 15 is 8.78 Å². The number of aromatic nitrogens is 4. The molecule has 5 atom stereocenters. The lowest BCUT2D eigenvalue weighted by Gasteiger charge is -2.34. The average molecular weight is 673 g/mol. The molecule has 14 nitrogen and oxygen atoms in total. The third-order valence-electron chi connectivity index (χ3n) is 7.07. The number of nitrogen functional groups attached to an aromatic ring is 1. The Labute approximate surface area is 257 Å². The minimum absolute atomic E-state index is 0.124. The number of nitrogens with one attached hydrogen (secondary N) is 2. The number of esters is 1. The summed E-state index contributed by atoms with van der Waals surface area (Å²) in [5, 5.41) is 14.2. The Morgan fingerprint density at radius 1 is 1.22 bits per heavy atom. The number of anilines is 1. The van der Waals surface area contributed by atoms with Crippen molar-refractivity contribution >= 4 is 41.6 Å². The summed E-state index contributed by atoms with van der Waals surface area (Å²) in [5.41, 5.74) is -0.125. The number of nitrogens with zero attached hydrogens (tertiary/aromatic N) is 3. The molecular formula is C27H29F4N6O8P. The van der Waals surface area contributed by atoms with Gasteiger partial charge in [-0.15, -0.1) is 0 Å². The summed E-state index contributed by atoms with van der Waals surface area (Å²) < 4.78 is 96.4. The monoisotopic (exact) mass is 672 g/mol. The molecule has 3 heterocycles. The number of carbonyl (C=O) groups is 1. The van der Waals surface area contributed by atoms with Crippen LogP contribution < -0.4 is 20.9 Å². The fourth-order valence-corrected chi connectivity index (χ4v) is 6.29. The van der Waals surface area contributed by atoms with Gasteiger partial charge in [0.15, 0.2) is 23.5 Å². The number of hydrogen-bond acceptors (Lipinski definition) is 11. The predicted molar refractivity (Wildman–Crippen MR) is 154 cm³/mol. The van der Waals surface area contributed by atoms with Crippen LogP contribution in [0.1, 0.15) is 27.0 Å². The maximum atomic E-state index is 15.7. The summed E-state index contributed by atoms with van der Waals surface area (Å²) >= 11 is 0. The first-order valence-corrected chi connectivity index (χ1v) is 15.3. The van der Waals surface area contributed by atoms with Gasteiger partial charge in [-0.1, -0.05) is 30.3 Å². The van der Waals surface area contributed by atoms with E-state index in [9.17, 15) is 28.0 Å². The number of carbonyl (C=O) groups excluding carboxylic acids is 1. The topological polar surface area (TPSA) is 193 Å². The van der Waals surface area contributed by atoms with Crippen molar-refractivity contribution in [2.24, 2.45) is 0 Å². The highest BCUT2D eigenvalue weighted by molar-refractivity contribution is 7.52. The zero-order valence-corrected chi connectivity index (χ0v) is 25.3. The Hall–Kier alpha value is -4.09. The third kappa shape index (κ3) is 6.05. The van der Waals surface area contributed by atoms with Crippen molar-refractivity contribution in [3.8, 4) is 5.75 Å². The van der Waals surface area contributed by atoms with Crippen molar-refractivity contribution < 1.29 is 50.5 Å². The van der Waals surface area contributed by atoms with Crippen LogP contribution in [0, 0.1) is 0 Å². The van der Waals surface area contributed by atoms with Gasteiger partial charge in [-0.25, -0.2) is 18.3 Å². The molecule has 2 aromatic heterocycles. The van der Waals surface area contributed by atoms with Crippen LogP contribution >= 0.6 is 7.75 Å². The molecule has 248 valence electrons. The van der Waals surface area contributed by atoms with Crippen LogP contribution in [-0.2, 0) is 23.4 Å². The van der Waals surface area contributed by atoms with Gasteiger partial charge >= 0.3 is 19.6 Å². The van der Waals surface area contributed by atoms with E-state index < -0.39 is 85.4 Å². The number of alkyl halides is 4. The fourth-order valence-electron chi connectivity index (χ4n) is 4.77. The first kappa shape index (κ1) is 33.3. The summed E-state index contributed by atoms with van der Waals surface area (Å²) in [6.45, 7) is 2.48. The molecule has 46 heavy (non-hydrogen) atoms. The number of fused-ring (bicyclic) bond motifs is 2. The number of imidazole rings is 1. The predicted octanol–water partition coefficient (Wildman–Crippen LogP) is 3.52. The van der Waals surface area contributed by atoms with E-state index in [1.807, 2.05) is 0 Å². The third-order valence-corrected chi connectivity index (χ3v) is 8.69. The second-order valence-corrected chi connectivity index (χ2v) is 12.4. The van der Waals surface area contributed by atoms with Crippen LogP contribution in [0.5, 0.6) is 5.75 Å². The molecule has 1 fully saturated rings. The number of nitrogens with two attached hydrogens (primary N) is 1. The van der Waals surface area contributed by atoms with Gasteiger partial charge in [0.1, 0.15) is 11.8 Å². The number of halogens is 4. The number of rotatable bonds is 11. The first-order valence-electron chi connectivity index (χ1n) is 13.7. The van der Waals surface area contributed by atoms with Crippen molar-refractivity contribution in [1.82, 2.24) is 24.6 Å². The highest BCUT2D eigenvalue weighted by atomic mass is 31.2. The fraction of sp³-hybridized carbons (Fsp3) is 0.407. The molecule has 5 unspecified atom stereocenters. The number of aliphatic hydroxyl groups is 1. The van der Waals surface area contributed by atoms with Gasteiger partial charge in [0.25, 0.3) is 12.0 Å². The van der Waals surface area contributed by atoms with E-state index in [4.69, 9.17) is 24.3 Å². The Morgan fingerprint density at radius 3 is 2.59 bits per heavy atom. The molecule has 0 bridgehead atoms. The normalized spacial score (nSPS) is 23.2. The number of hydrogen-bond donors (Lipinski definition) is 4. The van der Waals surface area contributed by atoms with Crippen LogP contribution in [0.15, 0.2) is 53.6 Å². The summed E-state index contributed by atoms with van der Waals surface area (Å²) in [5.74, 6) is -6.28. The Balaban J connectivity index is 1.49. The largest absolute Gasteiger partial charge is 0.462 e. The minimum atomic E-state index is -4.99. The number of ether oxygens (including phenoxy) is 2. The highest BCUT2D eigenvalue weighted by Gasteiger charge is 2.74. The molecule has 5 N–H and O–H groups in total. The standard InChI is InChI=1S/C27H29F4N6O8P/c1-13(2)43-23(40)14(3)36-46(41,45-17-9-8-15-6-4-5-7-16(15)10-17)42-11-26(24(28)29)27(30,31)19(38)22(44-26)37-12-33-18-20(37)34-25(32)35-21(18)39/h4-10,12-14,19,22,24,38H,11H2,1-3H3,(H,36,41)(H3,32,34,35,39). The van der Waals surface area contributed by atoms with Crippen LogP contribution in [-0.4, -0.2) is 73.4 Å². The molecule has 1 aliphatic rings. The molecule has 0 radical (unpaired) electrons. The number of benzene rings is 2. The zero-order valence-electron chi connectivity index (χ0n) is 24.4. The SMILES string of the molecule is CC(C)OC(=O)C(C)NP(=O)(OCC1(C(F)F)OC(n2cnc3c(=O)[nH]c(N)nc32)C(O)C1(F)F)Oc1ccc2ccccc2c1. The average Bonchev–Trinajstić information content (AvgIpc) is 3.48. The summed E-state index contributed by atoms with van der Waals surface area (Å²) in [6.07, 6.45) is -9.14. The van der Waals surface area contributed by atoms with Gasteiger partial charge < -0.3 is 24.8 Å². The minimum Gasteiger partial charge on any atom is -0.462 e. The van der Waals surface area contributed by atoms with Gasteiger partial charge in [0.2, 0.25) is 11.5 Å². The summed E-state index contributed by atoms with van der Waals surface area (Å²) in [7, 11) is -4.99. The molecule has 0 spiro atoms. The molecule has 4 aromatic rings. The smallest absolute Gasteiger partial charge is 0.459 e. The van der Waals surface area contributed by atoms with Crippen LogP contribution in [0.25, 0.3) is 21.9 Å². The quantitative estimate of drug-likeness (QED) is 0.103. The lowest BCUT2D eigenvalue weighted by atomic mass is 9.95. The van der Waals surface area contributed by atoms with Crippen molar-refractivity contribution in [2.75, 3.05) is 12.3 Å². The van der Waals surface area contributed by atoms with E-state index in [-0.39, 0.29) is 5.75 Å². The van der Waals surface area contributed by atoms with Gasteiger partial charge in [-0.2, -0.15) is 18.9 Å². The van der Waals surface area contributed by atoms with E-state index in [1.165, 1.54) is 19.1 Å². The van der Waals surface area contributed by atoms with Gasteiger partial charge in [-0.05, 0) is 43.7 Å². The van der Waals surface area contributed by atoms with Crippen molar-refractivity contribution in [1.29, 1.82) is 0 Å². The maximum Gasteiger partial charge on any atom is 0.459 e. The number of H-pyrrole nitrogens is 1. The zero-order chi connectivity index (χ0) is 33.6. The second-order valence-electron chi connectivity index (χ2n) is 10.7. The molecule has 5 rings (SSSR count). The Kier molecular flexibility index (Phi) is 8.87. The summed E-state index contributed by atoms with van der Waals surface area (Å²) in [6, 6.07) is 9.89. The molecular weight excluding hydrogens is 643 g/mol. The van der Waals surface area contributed by atoms with Gasteiger partial charge in [-0.3, -0.25) is 23.7 Å². The molecule has 1 saturated heterocycles. The molecule has 0 saturated carbocycles.